The van der Waals surface area contributed by atoms with Gasteiger partial charge in [0.25, 0.3) is 0 Å². The van der Waals surface area contributed by atoms with Crippen molar-refractivity contribution in [2.75, 3.05) is 27.7 Å². The summed E-state index contributed by atoms with van der Waals surface area (Å²) in [6.07, 6.45) is 6.70. The number of piperidine rings is 1. The second kappa shape index (κ2) is 24.8. The predicted molar refractivity (Wildman–Crippen MR) is 302 cm³/mol. The van der Waals surface area contributed by atoms with Crippen molar-refractivity contribution in [3.63, 3.8) is 0 Å². The Morgan fingerprint density at radius 2 is 1.31 bits per heavy atom. The van der Waals surface area contributed by atoms with Crippen LogP contribution in [0.25, 0.3) is 21.7 Å². The minimum Gasteiger partial charge on any atom is -0.497 e. The molecule has 78 heavy (non-hydrogen) atoms. The number of methoxy groups -OCH3 is 1. The molecule has 17 nitrogen and oxygen atoms in total. The molecule has 0 aliphatic carbocycles. The fourth-order valence-electron chi connectivity index (χ4n) is 10.9. The van der Waals surface area contributed by atoms with E-state index < -0.39 is 89.2 Å². The zero-order valence-corrected chi connectivity index (χ0v) is 47.2. The lowest BCUT2D eigenvalue weighted by molar-refractivity contribution is -0.153. The maximum atomic E-state index is 15.6. The van der Waals surface area contributed by atoms with Gasteiger partial charge in [-0.05, 0) is 112 Å². The van der Waals surface area contributed by atoms with Crippen molar-refractivity contribution in [3.8, 4) is 5.75 Å². The molecule has 0 spiro atoms. The molecule has 2 aliphatic heterocycles. The number of carbonyl (C=O) groups excluding carboxylic acids is 7. The van der Waals surface area contributed by atoms with E-state index in [9.17, 15) is 14.4 Å². The van der Waals surface area contributed by atoms with E-state index in [1.165, 1.54) is 35.7 Å². The van der Waals surface area contributed by atoms with Crippen LogP contribution in [0.5, 0.6) is 5.75 Å². The maximum Gasteiger partial charge on any atom is 0.246 e. The van der Waals surface area contributed by atoms with Gasteiger partial charge >= 0.3 is 0 Å². The SMILES string of the molecule is C=CC(C)(C)n1cc(C[C@@H]2NC(=O)[C@H](Cc3ccc(OC)cc3)NC(=O)[C@H](CC(C)C)N3CCC[C@@H](C3=O)N(C)C(=O)[C@H](C)NC(=O)[C@H](Cc3ccc4c(C)nccc4c3)NC(=O)[C@H](CC(C)C)N(C)C2=O)c2ccccc21. The van der Waals surface area contributed by atoms with Gasteiger partial charge in [0.05, 0.1) is 12.6 Å². The van der Waals surface area contributed by atoms with E-state index >= 15 is 19.2 Å². The molecule has 2 aromatic heterocycles. The molecule has 416 valence electrons. The van der Waals surface area contributed by atoms with Gasteiger partial charge in [-0.15, -0.1) is 6.58 Å². The Kier molecular flexibility index (Phi) is 18.5. The van der Waals surface area contributed by atoms with E-state index in [2.05, 4.69) is 37.4 Å². The summed E-state index contributed by atoms with van der Waals surface area (Å²) in [6, 6.07) is 14.4. The number of pyridine rings is 1. The van der Waals surface area contributed by atoms with Crippen molar-refractivity contribution in [2.45, 2.75) is 148 Å². The largest absolute Gasteiger partial charge is 0.497 e. The molecule has 7 amide bonds. The Hall–Kier alpha value is -7.56. The molecule has 17 heteroatoms. The number of aryl methyl sites for hydroxylation is 1. The topological polar surface area (TPSA) is 204 Å². The Morgan fingerprint density at radius 3 is 1.96 bits per heavy atom. The smallest absolute Gasteiger partial charge is 0.246 e. The second-order valence-electron chi connectivity index (χ2n) is 22.6. The zero-order chi connectivity index (χ0) is 56.7. The highest BCUT2D eigenvalue weighted by Gasteiger charge is 2.43. The Morgan fingerprint density at radius 1 is 0.705 bits per heavy atom. The average Bonchev–Trinajstić information content (AvgIpc) is 3.83. The molecule has 0 radical (unpaired) electrons. The first-order valence-corrected chi connectivity index (χ1v) is 27.3. The molecule has 2 bridgehead atoms. The Bertz CT molecular complexity index is 3040. The maximum absolute atomic E-state index is 15.6. The average molecular weight is 1070 g/mol. The number of hydrogen-bond acceptors (Lipinski definition) is 9. The molecule has 2 saturated heterocycles. The molecule has 2 aliphatic rings. The van der Waals surface area contributed by atoms with Crippen LogP contribution >= 0.6 is 0 Å². The lowest BCUT2D eigenvalue weighted by Crippen LogP contribution is -2.62. The number of allylic oxidation sites excluding steroid dienone is 1. The fraction of sp³-hybridized carbons (Fsp3) is 0.475. The number of carbonyl (C=O) groups is 7. The van der Waals surface area contributed by atoms with Crippen LogP contribution in [0.2, 0.25) is 0 Å². The molecular weight excluding hydrogens is 987 g/mol. The van der Waals surface area contributed by atoms with Gasteiger partial charge in [0.15, 0.2) is 0 Å². The molecule has 0 saturated carbocycles. The van der Waals surface area contributed by atoms with Crippen LogP contribution in [0.15, 0.2) is 97.8 Å². The summed E-state index contributed by atoms with van der Waals surface area (Å²) in [5.74, 6) is -3.68. The van der Waals surface area contributed by atoms with Gasteiger partial charge in [-0.2, -0.15) is 0 Å². The van der Waals surface area contributed by atoms with Crippen LogP contribution in [0.4, 0.5) is 0 Å². The molecule has 2 fully saturated rings. The number of fused-ring (bicyclic) bond motifs is 4. The summed E-state index contributed by atoms with van der Waals surface area (Å²) in [5, 5.41) is 14.6. The summed E-state index contributed by atoms with van der Waals surface area (Å²) in [7, 11) is 4.59. The van der Waals surface area contributed by atoms with Crippen LogP contribution in [0, 0.1) is 18.8 Å². The molecule has 4 N–H and O–H groups in total. The predicted octanol–water partition coefficient (Wildman–Crippen LogP) is 6.17. The van der Waals surface area contributed by atoms with Crippen molar-refractivity contribution < 1.29 is 38.3 Å². The normalized spacial score (nSPS) is 22.8. The number of hydrogen-bond donors (Lipinski definition) is 4. The van der Waals surface area contributed by atoms with Crippen LogP contribution < -0.4 is 26.0 Å². The third-order valence-corrected chi connectivity index (χ3v) is 15.5. The summed E-state index contributed by atoms with van der Waals surface area (Å²) in [6.45, 7) is 19.6. The summed E-state index contributed by atoms with van der Waals surface area (Å²) < 4.78 is 7.50. The van der Waals surface area contributed by atoms with Gasteiger partial charge in [0, 0.05) is 74.3 Å². The van der Waals surface area contributed by atoms with Crippen LogP contribution in [-0.2, 0) is 58.4 Å². The van der Waals surface area contributed by atoms with Crippen molar-refractivity contribution in [1.82, 2.24) is 45.5 Å². The van der Waals surface area contributed by atoms with E-state index in [1.807, 2.05) is 109 Å². The van der Waals surface area contributed by atoms with E-state index in [0.29, 0.717) is 24.2 Å². The minimum absolute atomic E-state index is 0.000250. The van der Waals surface area contributed by atoms with E-state index in [0.717, 1.165) is 38.5 Å². The summed E-state index contributed by atoms with van der Waals surface area (Å²) >= 11 is 0. The number of amides is 7. The molecule has 0 unspecified atom stereocenters. The third kappa shape index (κ3) is 13.2. The van der Waals surface area contributed by atoms with Crippen LogP contribution in [0.3, 0.4) is 0 Å². The molecule has 3 aromatic carbocycles. The quantitative estimate of drug-likeness (QED) is 0.0996. The number of nitrogens with zero attached hydrogens (tertiary/aromatic N) is 5. The fourth-order valence-corrected chi connectivity index (χ4v) is 10.9. The first kappa shape index (κ1) is 58.1. The number of likely N-dealkylation sites (N-methyl/N-ethyl adjacent to an activating group) is 2. The first-order chi connectivity index (χ1) is 37.0. The highest BCUT2D eigenvalue weighted by molar-refractivity contribution is 5.99. The van der Waals surface area contributed by atoms with Gasteiger partial charge in [0.1, 0.15) is 48.0 Å². The van der Waals surface area contributed by atoms with Gasteiger partial charge in [-0.1, -0.05) is 82.3 Å². The van der Waals surface area contributed by atoms with Crippen molar-refractivity contribution in [2.24, 2.45) is 11.8 Å². The number of aromatic nitrogens is 2. The third-order valence-electron chi connectivity index (χ3n) is 15.5. The highest BCUT2D eigenvalue weighted by Crippen LogP contribution is 2.31. The van der Waals surface area contributed by atoms with Crippen LogP contribution in [0.1, 0.15) is 96.5 Å². The number of para-hydroxylation sites is 1. The Balaban J connectivity index is 1.37. The molecule has 7 rings (SSSR count). The number of ether oxygens (including phenoxy) is 1. The minimum atomic E-state index is -1.30. The van der Waals surface area contributed by atoms with Crippen molar-refractivity contribution in [1.29, 1.82) is 0 Å². The van der Waals surface area contributed by atoms with Gasteiger partial charge in [-0.25, -0.2) is 0 Å². The lowest BCUT2D eigenvalue weighted by Gasteiger charge is -2.41. The summed E-state index contributed by atoms with van der Waals surface area (Å²) in [5.41, 5.74) is 3.29. The van der Waals surface area contributed by atoms with Gasteiger partial charge in [-0.3, -0.25) is 38.5 Å². The summed E-state index contributed by atoms with van der Waals surface area (Å²) in [4.78, 5) is 113. The van der Waals surface area contributed by atoms with E-state index in [-0.39, 0.29) is 50.5 Å². The van der Waals surface area contributed by atoms with E-state index in [4.69, 9.17) is 4.74 Å². The second-order valence-corrected chi connectivity index (χ2v) is 22.6. The number of nitrogens with one attached hydrogen (secondary N) is 4. The standard InChI is InChI=1S/C61H79N9O8/c1-13-61(8,9)70-35-43(46-17-14-15-18-50(46)70)34-49-59(76)68(11)52(29-36(2)3)56(73)64-48(33-41-22-25-45-38(6)62-27-26-42(45)31-41)54(71)63-39(7)58(75)67(10)51-19-16-28-69(60(51)77)53(30-37(4)5)57(74)65-47(55(72)66-49)32-40-20-23-44(78-12)24-21-40/h13-15,17-18,20-27,31,35-37,39,47-49,51-53H,1,16,19,28-30,32-34H2,2-12H3,(H,63,71)(H,64,73)(H,65,74)(H,66,72)/t39-,47-,48-,49-,51-,52-,53-/m0/s1. The molecule has 7 atom stereocenters. The molecular formula is C61H79N9O8. The van der Waals surface area contributed by atoms with E-state index in [1.54, 1.807) is 37.6 Å². The van der Waals surface area contributed by atoms with Crippen LogP contribution in [-0.4, -0.2) is 136 Å². The van der Waals surface area contributed by atoms with Gasteiger partial charge in [0.2, 0.25) is 41.4 Å². The van der Waals surface area contributed by atoms with Crippen molar-refractivity contribution in [3.05, 3.63) is 120 Å². The monoisotopic (exact) mass is 1070 g/mol. The zero-order valence-electron chi connectivity index (χ0n) is 47.2. The molecule has 4 heterocycles. The van der Waals surface area contributed by atoms with Gasteiger partial charge < -0.3 is 45.3 Å². The van der Waals surface area contributed by atoms with Crippen molar-refractivity contribution >= 4 is 63.0 Å². The highest BCUT2D eigenvalue weighted by atomic mass is 16.5. The lowest BCUT2D eigenvalue weighted by atomic mass is 9.95. The number of rotatable bonds is 13. The Labute approximate surface area is 458 Å². The molecule has 5 aromatic rings. The first-order valence-electron chi connectivity index (χ1n) is 27.3. The number of benzene rings is 3.